The third-order valence-electron chi connectivity index (χ3n) is 3.34. The highest BCUT2D eigenvalue weighted by atomic mass is 32.2. The topological polar surface area (TPSA) is 100 Å². The van der Waals surface area contributed by atoms with Crippen molar-refractivity contribution in [3.05, 3.63) is 28.2 Å². The smallest absolute Gasteiger partial charge is 0.274 e. The first kappa shape index (κ1) is 14.7. The molecular weight excluding hydrogens is 282 g/mol. The van der Waals surface area contributed by atoms with Crippen LogP contribution in [0.5, 0.6) is 0 Å². The number of aromatic nitrogens is 2. The summed E-state index contributed by atoms with van der Waals surface area (Å²) in [6.07, 6.45) is 2.57. The van der Waals surface area contributed by atoms with Gasteiger partial charge in [-0.1, -0.05) is 0 Å². The summed E-state index contributed by atoms with van der Waals surface area (Å²) in [7, 11) is -2.97. The summed E-state index contributed by atoms with van der Waals surface area (Å²) in [5, 5.41) is 5.93. The lowest BCUT2D eigenvalue weighted by Crippen LogP contribution is -2.40. The SMILES string of the molecule is CS(=O)(=O)CC1CCN(C(=O)c2ccc(=O)[nH]n2)CC1. The Hall–Kier alpha value is -1.70. The van der Waals surface area contributed by atoms with Crippen molar-refractivity contribution in [3.63, 3.8) is 0 Å². The van der Waals surface area contributed by atoms with E-state index in [0.29, 0.717) is 25.9 Å². The Morgan fingerprint density at radius 3 is 2.55 bits per heavy atom. The standard InChI is InChI=1S/C12H17N3O4S/c1-20(18,19)8-9-4-6-15(7-5-9)12(17)10-2-3-11(16)14-13-10/h2-3,9H,4-8H2,1H3,(H,14,16). The van der Waals surface area contributed by atoms with Gasteiger partial charge in [0.25, 0.3) is 11.5 Å². The highest BCUT2D eigenvalue weighted by molar-refractivity contribution is 7.90. The molecule has 2 rings (SSSR count). The quantitative estimate of drug-likeness (QED) is 0.823. The zero-order valence-electron chi connectivity index (χ0n) is 11.2. The summed E-state index contributed by atoms with van der Waals surface area (Å²) in [5.74, 6) is 0.0445. The van der Waals surface area contributed by atoms with Crippen molar-refractivity contribution in [1.29, 1.82) is 0 Å². The average molecular weight is 299 g/mol. The number of hydrogen-bond acceptors (Lipinski definition) is 5. The Kier molecular flexibility index (Phi) is 4.22. The molecule has 1 aromatic rings. The summed E-state index contributed by atoms with van der Waals surface area (Å²) in [4.78, 5) is 24.7. The lowest BCUT2D eigenvalue weighted by molar-refractivity contribution is 0.0691. The average Bonchev–Trinajstić information content (AvgIpc) is 2.38. The van der Waals surface area contributed by atoms with E-state index in [9.17, 15) is 18.0 Å². The highest BCUT2D eigenvalue weighted by Gasteiger charge is 2.26. The molecule has 1 amide bonds. The fourth-order valence-electron chi connectivity index (χ4n) is 2.36. The minimum absolute atomic E-state index is 0.109. The summed E-state index contributed by atoms with van der Waals surface area (Å²) in [5.41, 5.74) is -0.153. The number of sulfone groups is 1. The molecule has 0 spiro atoms. The van der Waals surface area contributed by atoms with Crippen LogP contribution in [-0.4, -0.2) is 54.5 Å². The maximum absolute atomic E-state index is 12.1. The molecule has 1 fully saturated rings. The number of aromatic amines is 1. The molecule has 0 unspecified atom stereocenters. The van der Waals surface area contributed by atoms with Crippen LogP contribution in [-0.2, 0) is 9.84 Å². The number of nitrogens with zero attached hydrogens (tertiary/aromatic N) is 2. The van der Waals surface area contributed by atoms with Crippen LogP contribution in [0.4, 0.5) is 0 Å². The molecule has 1 N–H and O–H groups in total. The molecule has 8 heteroatoms. The number of piperidine rings is 1. The molecule has 0 radical (unpaired) electrons. The molecule has 0 aromatic carbocycles. The first-order valence-electron chi connectivity index (χ1n) is 6.38. The summed E-state index contributed by atoms with van der Waals surface area (Å²) in [6, 6.07) is 2.65. The van der Waals surface area contributed by atoms with Crippen molar-refractivity contribution >= 4 is 15.7 Å². The lowest BCUT2D eigenvalue weighted by Gasteiger charge is -2.31. The van der Waals surface area contributed by atoms with Crippen molar-refractivity contribution < 1.29 is 13.2 Å². The van der Waals surface area contributed by atoms with Gasteiger partial charge in [-0.2, -0.15) is 5.10 Å². The normalized spacial score (nSPS) is 17.1. The second kappa shape index (κ2) is 5.74. The van der Waals surface area contributed by atoms with E-state index in [1.165, 1.54) is 18.4 Å². The van der Waals surface area contributed by atoms with Crippen molar-refractivity contribution in [3.8, 4) is 0 Å². The van der Waals surface area contributed by atoms with Crippen LogP contribution in [0.3, 0.4) is 0 Å². The number of likely N-dealkylation sites (tertiary alicyclic amines) is 1. The van der Waals surface area contributed by atoms with Gasteiger partial charge >= 0.3 is 0 Å². The molecule has 1 aliphatic heterocycles. The van der Waals surface area contributed by atoms with Crippen molar-refractivity contribution in [2.45, 2.75) is 12.8 Å². The number of hydrogen-bond donors (Lipinski definition) is 1. The molecule has 0 bridgehead atoms. The third kappa shape index (κ3) is 3.89. The van der Waals surface area contributed by atoms with Gasteiger partial charge in [0.05, 0.1) is 5.75 Å². The van der Waals surface area contributed by atoms with Crippen LogP contribution in [0.1, 0.15) is 23.3 Å². The molecule has 2 heterocycles. The maximum Gasteiger partial charge on any atom is 0.274 e. The number of carbonyl (C=O) groups is 1. The second-order valence-corrected chi connectivity index (χ2v) is 7.32. The summed E-state index contributed by atoms with van der Waals surface area (Å²) < 4.78 is 22.5. The Balaban J connectivity index is 1.95. The predicted molar refractivity (Wildman–Crippen MR) is 73.2 cm³/mol. The molecule has 0 saturated carbocycles. The Labute approximate surface area is 116 Å². The van der Waals surface area contributed by atoms with Crippen molar-refractivity contribution in [2.24, 2.45) is 5.92 Å². The number of rotatable bonds is 3. The molecule has 1 aromatic heterocycles. The number of amides is 1. The Bertz CT molecular complexity index is 624. The van der Waals surface area contributed by atoms with Crippen LogP contribution < -0.4 is 5.56 Å². The Morgan fingerprint density at radius 2 is 2.05 bits per heavy atom. The summed E-state index contributed by atoms with van der Waals surface area (Å²) in [6.45, 7) is 1.03. The Morgan fingerprint density at radius 1 is 1.40 bits per heavy atom. The van der Waals surface area contributed by atoms with Gasteiger partial charge in [0.1, 0.15) is 15.5 Å². The van der Waals surface area contributed by atoms with Crippen LogP contribution in [0.15, 0.2) is 16.9 Å². The van der Waals surface area contributed by atoms with Gasteiger partial charge < -0.3 is 4.90 Å². The van der Waals surface area contributed by atoms with Gasteiger partial charge in [0, 0.05) is 25.4 Å². The third-order valence-corrected chi connectivity index (χ3v) is 4.42. The van der Waals surface area contributed by atoms with E-state index in [1.54, 1.807) is 4.90 Å². The zero-order valence-corrected chi connectivity index (χ0v) is 12.0. The van der Waals surface area contributed by atoms with Crippen molar-refractivity contribution in [1.82, 2.24) is 15.1 Å². The van der Waals surface area contributed by atoms with Gasteiger partial charge in [-0.05, 0) is 24.8 Å². The maximum atomic E-state index is 12.1. The monoisotopic (exact) mass is 299 g/mol. The van der Waals surface area contributed by atoms with Crippen LogP contribution in [0.25, 0.3) is 0 Å². The fourth-order valence-corrected chi connectivity index (χ4v) is 3.55. The highest BCUT2D eigenvalue weighted by Crippen LogP contribution is 2.19. The van der Waals surface area contributed by atoms with Gasteiger partial charge in [0.15, 0.2) is 0 Å². The van der Waals surface area contributed by atoms with Crippen LogP contribution >= 0.6 is 0 Å². The molecule has 0 aliphatic carbocycles. The van der Waals surface area contributed by atoms with E-state index in [4.69, 9.17) is 0 Å². The van der Waals surface area contributed by atoms with E-state index < -0.39 is 9.84 Å². The van der Waals surface area contributed by atoms with Crippen LogP contribution in [0, 0.1) is 5.92 Å². The van der Waals surface area contributed by atoms with E-state index in [-0.39, 0.29) is 28.8 Å². The van der Waals surface area contributed by atoms with Gasteiger partial charge in [-0.3, -0.25) is 9.59 Å². The molecule has 1 aliphatic rings. The zero-order chi connectivity index (χ0) is 14.8. The van der Waals surface area contributed by atoms with Gasteiger partial charge in [-0.25, -0.2) is 13.5 Å². The first-order valence-corrected chi connectivity index (χ1v) is 8.44. The van der Waals surface area contributed by atoms with E-state index >= 15 is 0 Å². The van der Waals surface area contributed by atoms with Gasteiger partial charge in [-0.15, -0.1) is 0 Å². The molecule has 0 atom stereocenters. The molecule has 110 valence electrons. The molecule has 1 saturated heterocycles. The molecule has 7 nitrogen and oxygen atoms in total. The molecular formula is C12H17N3O4S. The minimum Gasteiger partial charge on any atom is -0.337 e. The number of carbonyl (C=O) groups excluding carboxylic acids is 1. The van der Waals surface area contributed by atoms with Crippen LogP contribution in [0.2, 0.25) is 0 Å². The largest absolute Gasteiger partial charge is 0.337 e. The first-order chi connectivity index (χ1) is 9.35. The van der Waals surface area contributed by atoms with Gasteiger partial charge in [0.2, 0.25) is 0 Å². The summed E-state index contributed by atoms with van der Waals surface area (Å²) >= 11 is 0. The lowest BCUT2D eigenvalue weighted by atomic mass is 9.99. The van der Waals surface area contributed by atoms with E-state index in [1.807, 2.05) is 0 Å². The van der Waals surface area contributed by atoms with Crippen molar-refractivity contribution in [2.75, 3.05) is 25.1 Å². The van der Waals surface area contributed by atoms with E-state index in [0.717, 1.165) is 0 Å². The number of H-pyrrole nitrogens is 1. The molecule has 20 heavy (non-hydrogen) atoms. The fraction of sp³-hybridized carbons (Fsp3) is 0.583. The predicted octanol–water partition coefficient (Wildman–Crippen LogP) is -0.333. The minimum atomic E-state index is -2.97. The van der Waals surface area contributed by atoms with E-state index in [2.05, 4.69) is 10.2 Å². The number of nitrogens with one attached hydrogen (secondary N) is 1. The second-order valence-electron chi connectivity index (χ2n) is 5.13.